The number of hydrogen-bond donors (Lipinski definition) is 1. The van der Waals surface area contributed by atoms with Crippen LogP contribution in [-0.2, 0) is 11.3 Å². The fraction of sp³-hybridized carbons (Fsp3) is 0.611. The van der Waals surface area contributed by atoms with Crippen molar-refractivity contribution < 1.29 is 9.53 Å². The highest BCUT2D eigenvalue weighted by atomic mass is 35.5. The van der Waals surface area contributed by atoms with Crippen molar-refractivity contribution in [2.75, 3.05) is 40.3 Å². The number of amides is 1. The second kappa shape index (κ2) is 8.12. The van der Waals surface area contributed by atoms with Crippen LogP contribution in [0.5, 0.6) is 5.75 Å². The van der Waals surface area contributed by atoms with Crippen molar-refractivity contribution in [3.8, 4) is 5.75 Å². The lowest BCUT2D eigenvalue weighted by atomic mass is 9.93. The molecule has 7 heteroatoms. The van der Waals surface area contributed by atoms with Crippen LogP contribution < -0.4 is 10.1 Å². The molecule has 1 amide bonds. The van der Waals surface area contributed by atoms with E-state index in [0.29, 0.717) is 28.4 Å². The Hall–Kier alpha value is -1.01. The fourth-order valence-electron chi connectivity index (χ4n) is 3.65. The van der Waals surface area contributed by atoms with Crippen LogP contribution in [0.3, 0.4) is 0 Å². The van der Waals surface area contributed by atoms with Gasteiger partial charge < -0.3 is 15.0 Å². The molecule has 138 valence electrons. The summed E-state index contributed by atoms with van der Waals surface area (Å²) in [5.41, 5.74) is 0.834. The first-order valence-electron chi connectivity index (χ1n) is 8.70. The number of halogens is 2. The molecular weight excluding hydrogens is 361 g/mol. The predicted octanol–water partition coefficient (Wildman–Crippen LogP) is 2.64. The number of carbonyl (C=O) groups is 1. The number of likely N-dealkylation sites (N-methyl/N-ethyl adjacent to an activating group) is 1. The number of piperidine rings is 1. The van der Waals surface area contributed by atoms with Crippen LogP contribution in [0, 0.1) is 5.92 Å². The van der Waals surface area contributed by atoms with Crippen molar-refractivity contribution in [1.82, 2.24) is 15.1 Å². The van der Waals surface area contributed by atoms with Gasteiger partial charge in [0.2, 0.25) is 5.91 Å². The molecule has 3 rings (SSSR count). The van der Waals surface area contributed by atoms with Crippen LogP contribution in [0.2, 0.25) is 10.0 Å². The Morgan fingerprint density at radius 2 is 1.88 bits per heavy atom. The van der Waals surface area contributed by atoms with E-state index < -0.39 is 0 Å². The van der Waals surface area contributed by atoms with Crippen molar-refractivity contribution >= 4 is 29.1 Å². The molecule has 0 atom stereocenters. The van der Waals surface area contributed by atoms with E-state index >= 15 is 0 Å². The minimum atomic E-state index is 0.0859. The number of ether oxygens (including phenoxy) is 1. The summed E-state index contributed by atoms with van der Waals surface area (Å²) in [5, 5.41) is 3.93. The predicted molar refractivity (Wildman–Crippen MR) is 100 cm³/mol. The van der Waals surface area contributed by atoms with E-state index in [2.05, 4.69) is 22.2 Å². The lowest BCUT2D eigenvalue weighted by Crippen LogP contribution is -2.59. The zero-order chi connectivity index (χ0) is 18.0. The Morgan fingerprint density at radius 1 is 1.24 bits per heavy atom. The molecule has 0 aliphatic carbocycles. The summed E-state index contributed by atoms with van der Waals surface area (Å²) >= 11 is 12.1. The highest BCUT2D eigenvalue weighted by Gasteiger charge is 2.33. The van der Waals surface area contributed by atoms with E-state index in [0.717, 1.165) is 44.6 Å². The van der Waals surface area contributed by atoms with E-state index in [4.69, 9.17) is 27.9 Å². The summed E-state index contributed by atoms with van der Waals surface area (Å²) < 4.78 is 5.32. The molecule has 0 bridgehead atoms. The average Bonchev–Trinajstić information content (AvgIpc) is 2.59. The SMILES string of the molecule is COc1cc(Cl)c(Cl)cc1CNC(=O)C1CCN(C2CN(C)C2)CC1. The van der Waals surface area contributed by atoms with Crippen LogP contribution >= 0.6 is 23.2 Å². The third-order valence-corrected chi connectivity index (χ3v) is 5.96. The summed E-state index contributed by atoms with van der Waals surface area (Å²) in [7, 11) is 3.73. The second-order valence-electron chi connectivity index (χ2n) is 6.98. The standard InChI is InChI=1S/C18H25Cl2N3O2/c1-22-10-14(11-22)23-5-3-12(4-6-23)18(24)21-9-13-7-15(19)16(20)8-17(13)25-2/h7-8,12,14H,3-6,9-11H2,1-2H3,(H,21,24). The van der Waals surface area contributed by atoms with Gasteiger partial charge in [0.15, 0.2) is 0 Å². The quantitative estimate of drug-likeness (QED) is 0.845. The third-order valence-electron chi connectivity index (χ3n) is 5.24. The molecule has 5 nitrogen and oxygen atoms in total. The molecule has 2 saturated heterocycles. The topological polar surface area (TPSA) is 44.8 Å². The maximum absolute atomic E-state index is 12.5. The largest absolute Gasteiger partial charge is 0.496 e. The van der Waals surface area contributed by atoms with E-state index in [1.807, 2.05) is 0 Å². The molecule has 2 fully saturated rings. The molecule has 0 radical (unpaired) electrons. The summed E-state index contributed by atoms with van der Waals surface area (Å²) in [6, 6.07) is 4.10. The summed E-state index contributed by atoms with van der Waals surface area (Å²) in [5.74, 6) is 0.833. The highest BCUT2D eigenvalue weighted by Crippen LogP contribution is 2.30. The van der Waals surface area contributed by atoms with Gasteiger partial charge in [-0.05, 0) is 39.0 Å². The number of rotatable bonds is 5. The molecule has 25 heavy (non-hydrogen) atoms. The number of carbonyl (C=O) groups excluding carboxylic acids is 1. The monoisotopic (exact) mass is 385 g/mol. The molecule has 1 N–H and O–H groups in total. The zero-order valence-corrected chi connectivity index (χ0v) is 16.2. The number of hydrogen-bond acceptors (Lipinski definition) is 4. The number of benzene rings is 1. The van der Waals surface area contributed by atoms with Gasteiger partial charge in [0.1, 0.15) is 5.75 Å². The highest BCUT2D eigenvalue weighted by molar-refractivity contribution is 6.42. The van der Waals surface area contributed by atoms with E-state index in [-0.39, 0.29) is 11.8 Å². The van der Waals surface area contributed by atoms with Gasteiger partial charge in [-0.1, -0.05) is 23.2 Å². The molecule has 0 spiro atoms. The molecule has 0 saturated carbocycles. The molecule has 2 aliphatic heterocycles. The fourth-order valence-corrected chi connectivity index (χ4v) is 3.99. The van der Waals surface area contributed by atoms with Gasteiger partial charge in [0.25, 0.3) is 0 Å². The Labute approximate surface area is 159 Å². The Kier molecular flexibility index (Phi) is 6.10. The lowest BCUT2D eigenvalue weighted by Gasteiger charge is -2.46. The summed E-state index contributed by atoms with van der Waals surface area (Å²) in [4.78, 5) is 17.3. The number of likely N-dealkylation sites (tertiary alicyclic amines) is 2. The minimum absolute atomic E-state index is 0.0859. The van der Waals surface area contributed by atoms with Gasteiger partial charge in [-0.25, -0.2) is 0 Å². The summed E-state index contributed by atoms with van der Waals surface area (Å²) in [6.45, 7) is 4.70. The number of nitrogens with one attached hydrogen (secondary N) is 1. The maximum Gasteiger partial charge on any atom is 0.223 e. The van der Waals surface area contributed by atoms with Gasteiger partial charge in [-0.15, -0.1) is 0 Å². The van der Waals surface area contributed by atoms with Gasteiger partial charge in [-0.2, -0.15) is 0 Å². The van der Waals surface area contributed by atoms with E-state index in [9.17, 15) is 4.79 Å². The van der Waals surface area contributed by atoms with Crippen LogP contribution in [0.25, 0.3) is 0 Å². The van der Waals surface area contributed by atoms with Crippen molar-refractivity contribution in [1.29, 1.82) is 0 Å². The van der Waals surface area contributed by atoms with E-state index in [1.165, 1.54) is 0 Å². The van der Waals surface area contributed by atoms with Crippen LogP contribution in [0.4, 0.5) is 0 Å². The van der Waals surface area contributed by atoms with Crippen molar-refractivity contribution in [3.05, 3.63) is 27.7 Å². The zero-order valence-electron chi connectivity index (χ0n) is 14.7. The molecule has 0 unspecified atom stereocenters. The van der Waals surface area contributed by atoms with Crippen LogP contribution in [0.15, 0.2) is 12.1 Å². The van der Waals surface area contributed by atoms with Crippen molar-refractivity contribution in [2.45, 2.75) is 25.4 Å². The van der Waals surface area contributed by atoms with E-state index in [1.54, 1.807) is 19.2 Å². The lowest BCUT2D eigenvalue weighted by molar-refractivity contribution is -0.127. The van der Waals surface area contributed by atoms with Crippen LogP contribution in [0.1, 0.15) is 18.4 Å². The normalized spacial score (nSPS) is 20.3. The Balaban J connectivity index is 1.49. The van der Waals surface area contributed by atoms with Gasteiger partial charge in [0.05, 0.1) is 17.2 Å². The first-order chi connectivity index (χ1) is 12.0. The molecular formula is C18H25Cl2N3O2. The molecule has 2 aliphatic rings. The maximum atomic E-state index is 12.5. The number of nitrogens with zero attached hydrogens (tertiary/aromatic N) is 2. The Morgan fingerprint density at radius 3 is 2.48 bits per heavy atom. The second-order valence-corrected chi connectivity index (χ2v) is 7.80. The number of methoxy groups -OCH3 is 1. The summed E-state index contributed by atoms with van der Waals surface area (Å²) in [6.07, 6.45) is 1.84. The Bertz CT molecular complexity index is 627. The first kappa shape index (κ1) is 18.8. The first-order valence-corrected chi connectivity index (χ1v) is 9.45. The van der Waals surface area contributed by atoms with Gasteiger partial charge in [-0.3, -0.25) is 9.69 Å². The molecule has 0 aromatic heterocycles. The van der Waals surface area contributed by atoms with Crippen molar-refractivity contribution in [3.63, 3.8) is 0 Å². The van der Waals surface area contributed by atoms with Gasteiger partial charge >= 0.3 is 0 Å². The molecule has 1 aromatic rings. The van der Waals surface area contributed by atoms with Crippen molar-refractivity contribution in [2.24, 2.45) is 5.92 Å². The third kappa shape index (κ3) is 4.40. The average molecular weight is 386 g/mol. The van der Waals surface area contributed by atoms with Crippen LogP contribution in [-0.4, -0.2) is 62.1 Å². The minimum Gasteiger partial charge on any atom is -0.496 e. The smallest absolute Gasteiger partial charge is 0.223 e. The molecule has 2 heterocycles. The molecule has 1 aromatic carbocycles. The van der Waals surface area contributed by atoms with Gasteiger partial charge in [0, 0.05) is 43.2 Å².